The summed E-state index contributed by atoms with van der Waals surface area (Å²) in [5, 5.41) is 0. The van der Waals surface area contributed by atoms with E-state index in [0.29, 0.717) is 6.54 Å². The molecule has 2 N–H and O–H groups in total. The molecule has 0 unspecified atom stereocenters. The van der Waals surface area contributed by atoms with Crippen LogP contribution in [0.3, 0.4) is 0 Å². The Morgan fingerprint density at radius 2 is 2.14 bits per heavy atom. The van der Waals surface area contributed by atoms with Gasteiger partial charge in [0, 0.05) is 18.9 Å². The Bertz CT molecular complexity index is 288. The summed E-state index contributed by atoms with van der Waals surface area (Å²) in [6.45, 7) is 0.604. The van der Waals surface area contributed by atoms with Gasteiger partial charge in [0.2, 0.25) is 0 Å². The molecule has 0 saturated carbocycles. The van der Waals surface area contributed by atoms with Gasteiger partial charge in [-0.2, -0.15) is 0 Å². The van der Waals surface area contributed by atoms with Gasteiger partial charge in [-0.05, 0) is 24.5 Å². The summed E-state index contributed by atoms with van der Waals surface area (Å²) < 4.78 is 0. The maximum absolute atomic E-state index is 5.31. The van der Waals surface area contributed by atoms with Gasteiger partial charge in [-0.3, -0.25) is 4.98 Å². The van der Waals surface area contributed by atoms with Gasteiger partial charge in [0.1, 0.15) is 0 Å². The van der Waals surface area contributed by atoms with Crippen molar-refractivity contribution in [3.8, 4) is 0 Å². The molecule has 14 heavy (non-hydrogen) atoms. The summed E-state index contributed by atoms with van der Waals surface area (Å²) in [4.78, 5) is 4.06. The third kappa shape index (κ3) is 4.58. The first-order valence-electron chi connectivity index (χ1n) is 4.84. The van der Waals surface area contributed by atoms with E-state index in [1.54, 1.807) is 6.20 Å². The van der Waals surface area contributed by atoms with E-state index in [9.17, 15) is 0 Å². The molecule has 0 radical (unpaired) electrons. The van der Waals surface area contributed by atoms with E-state index < -0.39 is 0 Å². The van der Waals surface area contributed by atoms with Gasteiger partial charge in [-0.1, -0.05) is 30.4 Å². The molecule has 0 aliphatic heterocycles. The second-order valence-corrected chi connectivity index (χ2v) is 2.99. The van der Waals surface area contributed by atoms with Crippen molar-refractivity contribution in [1.29, 1.82) is 0 Å². The topological polar surface area (TPSA) is 38.9 Å². The van der Waals surface area contributed by atoms with Gasteiger partial charge in [-0.15, -0.1) is 0 Å². The Kier molecular flexibility index (Phi) is 5.36. The van der Waals surface area contributed by atoms with E-state index in [-0.39, 0.29) is 0 Å². The third-order valence-electron chi connectivity index (χ3n) is 1.84. The molecule has 0 aliphatic rings. The molecule has 1 aromatic heterocycles. The standard InChI is InChI=1S/C12H16N2/c13-9-5-3-1-2-4-7-12-8-6-10-14-11-12/h1-3,5-6,8,10-11H,4,7,9,13H2/b2-1+,5-3+. The Morgan fingerprint density at radius 1 is 1.29 bits per heavy atom. The quantitative estimate of drug-likeness (QED) is 0.718. The van der Waals surface area contributed by atoms with E-state index in [0.717, 1.165) is 12.8 Å². The van der Waals surface area contributed by atoms with Crippen LogP contribution in [-0.4, -0.2) is 11.5 Å². The highest BCUT2D eigenvalue weighted by Gasteiger charge is 1.87. The first kappa shape index (κ1) is 10.7. The van der Waals surface area contributed by atoms with Gasteiger partial charge in [0.15, 0.2) is 0 Å². The fraction of sp³-hybridized carbons (Fsp3) is 0.250. The van der Waals surface area contributed by atoms with Crippen LogP contribution in [0, 0.1) is 0 Å². The third-order valence-corrected chi connectivity index (χ3v) is 1.84. The zero-order valence-electron chi connectivity index (χ0n) is 8.26. The second kappa shape index (κ2) is 7.04. The fourth-order valence-corrected chi connectivity index (χ4v) is 1.13. The van der Waals surface area contributed by atoms with Gasteiger partial charge in [-0.25, -0.2) is 0 Å². The van der Waals surface area contributed by atoms with Crippen molar-refractivity contribution < 1.29 is 0 Å². The normalized spacial score (nSPS) is 11.5. The van der Waals surface area contributed by atoms with Crippen LogP contribution < -0.4 is 5.73 Å². The predicted octanol–water partition coefficient (Wildman–Crippen LogP) is 2.09. The highest BCUT2D eigenvalue weighted by atomic mass is 14.6. The van der Waals surface area contributed by atoms with Crippen LogP contribution in [0.25, 0.3) is 0 Å². The minimum Gasteiger partial charge on any atom is -0.327 e. The predicted molar refractivity (Wildman–Crippen MR) is 59.9 cm³/mol. The minimum absolute atomic E-state index is 0.604. The van der Waals surface area contributed by atoms with Crippen molar-refractivity contribution in [1.82, 2.24) is 4.98 Å². The maximum Gasteiger partial charge on any atom is 0.0299 e. The molecule has 0 saturated heterocycles. The molecule has 0 bridgehead atoms. The Morgan fingerprint density at radius 3 is 2.86 bits per heavy atom. The zero-order valence-corrected chi connectivity index (χ0v) is 8.26. The summed E-state index contributed by atoms with van der Waals surface area (Å²) in [6.07, 6.45) is 13.9. The number of rotatable bonds is 5. The van der Waals surface area contributed by atoms with E-state index in [1.165, 1.54) is 5.56 Å². The molecule has 0 spiro atoms. The van der Waals surface area contributed by atoms with Crippen LogP contribution in [0.1, 0.15) is 12.0 Å². The number of nitrogens with zero attached hydrogens (tertiary/aromatic N) is 1. The molecule has 0 aliphatic carbocycles. The number of aryl methyl sites for hydroxylation is 1. The van der Waals surface area contributed by atoms with Crippen molar-refractivity contribution in [2.75, 3.05) is 6.54 Å². The highest BCUT2D eigenvalue weighted by Crippen LogP contribution is 2.00. The summed E-state index contributed by atoms with van der Waals surface area (Å²) >= 11 is 0. The van der Waals surface area contributed by atoms with Crippen LogP contribution >= 0.6 is 0 Å². The van der Waals surface area contributed by atoms with Crippen molar-refractivity contribution in [2.45, 2.75) is 12.8 Å². The number of allylic oxidation sites excluding steroid dienone is 3. The summed E-state index contributed by atoms with van der Waals surface area (Å²) in [6, 6.07) is 4.06. The number of pyridine rings is 1. The van der Waals surface area contributed by atoms with Gasteiger partial charge in [0.05, 0.1) is 0 Å². The van der Waals surface area contributed by atoms with Crippen molar-refractivity contribution in [3.05, 3.63) is 54.4 Å². The van der Waals surface area contributed by atoms with Gasteiger partial charge >= 0.3 is 0 Å². The number of hydrogen-bond donors (Lipinski definition) is 1. The molecular weight excluding hydrogens is 172 g/mol. The molecule has 1 aromatic rings. The number of hydrogen-bond acceptors (Lipinski definition) is 2. The lowest BCUT2D eigenvalue weighted by Gasteiger charge is -1.94. The van der Waals surface area contributed by atoms with E-state index >= 15 is 0 Å². The lowest BCUT2D eigenvalue weighted by atomic mass is 10.1. The van der Waals surface area contributed by atoms with E-state index in [2.05, 4.69) is 17.1 Å². The zero-order chi connectivity index (χ0) is 10.1. The Balaban J connectivity index is 2.22. The lowest BCUT2D eigenvalue weighted by molar-refractivity contribution is 0.987. The summed E-state index contributed by atoms with van der Waals surface area (Å²) in [5.74, 6) is 0. The molecule has 0 fully saturated rings. The molecule has 0 amide bonds. The largest absolute Gasteiger partial charge is 0.327 e. The first-order chi connectivity index (χ1) is 6.93. The molecule has 2 nitrogen and oxygen atoms in total. The second-order valence-electron chi connectivity index (χ2n) is 2.99. The number of nitrogens with two attached hydrogens (primary N) is 1. The van der Waals surface area contributed by atoms with Crippen LogP contribution in [0.15, 0.2) is 48.8 Å². The Hall–Kier alpha value is -1.41. The molecule has 0 atom stereocenters. The Labute approximate surface area is 85.2 Å². The summed E-state index contributed by atoms with van der Waals surface area (Å²) in [7, 11) is 0. The molecule has 74 valence electrons. The maximum atomic E-state index is 5.31. The van der Waals surface area contributed by atoms with Crippen LogP contribution in [0.5, 0.6) is 0 Å². The van der Waals surface area contributed by atoms with Crippen molar-refractivity contribution >= 4 is 0 Å². The average Bonchev–Trinajstić information content (AvgIpc) is 2.25. The minimum atomic E-state index is 0.604. The van der Waals surface area contributed by atoms with Crippen molar-refractivity contribution in [3.63, 3.8) is 0 Å². The molecule has 0 aromatic carbocycles. The lowest BCUT2D eigenvalue weighted by Crippen LogP contribution is -1.91. The van der Waals surface area contributed by atoms with E-state index in [1.807, 2.05) is 30.5 Å². The average molecular weight is 188 g/mol. The van der Waals surface area contributed by atoms with Gasteiger partial charge in [0.25, 0.3) is 0 Å². The van der Waals surface area contributed by atoms with Crippen LogP contribution in [0.2, 0.25) is 0 Å². The van der Waals surface area contributed by atoms with Crippen molar-refractivity contribution in [2.24, 2.45) is 5.73 Å². The van der Waals surface area contributed by atoms with Crippen LogP contribution in [-0.2, 0) is 6.42 Å². The number of aromatic nitrogens is 1. The van der Waals surface area contributed by atoms with E-state index in [4.69, 9.17) is 5.73 Å². The first-order valence-corrected chi connectivity index (χ1v) is 4.84. The highest BCUT2D eigenvalue weighted by molar-refractivity contribution is 5.10. The summed E-state index contributed by atoms with van der Waals surface area (Å²) in [5.41, 5.74) is 6.58. The molecular formula is C12H16N2. The monoisotopic (exact) mass is 188 g/mol. The molecule has 1 heterocycles. The molecule has 2 heteroatoms. The molecule has 1 rings (SSSR count). The van der Waals surface area contributed by atoms with Gasteiger partial charge < -0.3 is 5.73 Å². The fourth-order valence-electron chi connectivity index (χ4n) is 1.13. The van der Waals surface area contributed by atoms with Crippen LogP contribution in [0.4, 0.5) is 0 Å². The smallest absolute Gasteiger partial charge is 0.0299 e. The SMILES string of the molecule is NC/C=C/C=C/CCc1cccnc1.